The Bertz CT molecular complexity index is 226. The standard InChI is InChI=1S/C12H21NO/c1-8(7-13)12(14)6-11-5-9-2-3-10(11)4-9/h8-11H,2-7,13H2,1H3. The predicted molar refractivity (Wildman–Crippen MR) is 56.8 cm³/mol. The van der Waals surface area contributed by atoms with Crippen LogP contribution in [0.5, 0.6) is 0 Å². The number of Topliss-reactive ketones (excluding diaryl/α,β-unsaturated/α-hetero) is 1. The number of hydrogen-bond acceptors (Lipinski definition) is 2. The van der Waals surface area contributed by atoms with E-state index in [1.807, 2.05) is 6.92 Å². The molecular formula is C12H21NO. The van der Waals surface area contributed by atoms with E-state index < -0.39 is 0 Å². The van der Waals surface area contributed by atoms with Crippen LogP contribution >= 0.6 is 0 Å². The predicted octanol–water partition coefficient (Wildman–Crippen LogP) is 1.98. The summed E-state index contributed by atoms with van der Waals surface area (Å²) in [6, 6.07) is 0. The quantitative estimate of drug-likeness (QED) is 0.745. The van der Waals surface area contributed by atoms with Gasteiger partial charge >= 0.3 is 0 Å². The first-order chi connectivity index (χ1) is 6.70. The molecule has 0 saturated heterocycles. The van der Waals surface area contributed by atoms with Gasteiger partial charge in [-0.3, -0.25) is 4.79 Å². The molecule has 4 atom stereocenters. The van der Waals surface area contributed by atoms with Crippen molar-refractivity contribution in [3.05, 3.63) is 0 Å². The molecule has 4 unspecified atom stereocenters. The van der Waals surface area contributed by atoms with Gasteiger partial charge in [0.05, 0.1) is 0 Å². The van der Waals surface area contributed by atoms with Gasteiger partial charge < -0.3 is 5.73 Å². The summed E-state index contributed by atoms with van der Waals surface area (Å²) in [5.74, 6) is 2.99. The first-order valence-corrected chi connectivity index (χ1v) is 5.93. The summed E-state index contributed by atoms with van der Waals surface area (Å²) in [7, 11) is 0. The lowest BCUT2D eigenvalue weighted by Gasteiger charge is -2.21. The molecule has 2 N–H and O–H groups in total. The molecule has 2 fully saturated rings. The monoisotopic (exact) mass is 195 g/mol. The minimum Gasteiger partial charge on any atom is -0.330 e. The normalized spacial score (nSPS) is 37.4. The van der Waals surface area contributed by atoms with Gasteiger partial charge in [0, 0.05) is 18.9 Å². The van der Waals surface area contributed by atoms with E-state index in [1.165, 1.54) is 25.7 Å². The van der Waals surface area contributed by atoms with Crippen molar-refractivity contribution in [2.24, 2.45) is 29.4 Å². The highest BCUT2D eigenvalue weighted by molar-refractivity contribution is 5.81. The minimum absolute atomic E-state index is 0.0779. The molecule has 2 rings (SSSR count). The van der Waals surface area contributed by atoms with Crippen LogP contribution in [0.3, 0.4) is 0 Å². The average molecular weight is 195 g/mol. The van der Waals surface area contributed by atoms with Crippen LogP contribution in [0.4, 0.5) is 0 Å². The van der Waals surface area contributed by atoms with Gasteiger partial charge in [-0.2, -0.15) is 0 Å². The highest BCUT2D eigenvalue weighted by Gasteiger charge is 2.40. The fraction of sp³-hybridized carbons (Fsp3) is 0.917. The van der Waals surface area contributed by atoms with Crippen LogP contribution in [0.2, 0.25) is 0 Å². The molecular weight excluding hydrogens is 174 g/mol. The van der Waals surface area contributed by atoms with E-state index >= 15 is 0 Å². The maximum Gasteiger partial charge on any atom is 0.137 e. The molecule has 80 valence electrons. The molecule has 2 aliphatic carbocycles. The van der Waals surface area contributed by atoms with Crippen molar-refractivity contribution in [3.63, 3.8) is 0 Å². The largest absolute Gasteiger partial charge is 0.330 e. The van der Waals surface area contributed by atoms with Crippen molar-refractivity contribution in [2.75, 3.05) is 6.54 Å². The third-order valence-electron chi connectivity index (χ3n) is 4.25. The number of carbonyl (C=O) groups excluding carboxylic acids is 1. The molecule has 2 bridgehead atoms. The van der Waals surface area contributed by atoms with Crippen molar-refractivity contribution in [1.82, 2.24) is 0 Å². The fourth-order valence-electron chi connectivity index (χ4n) is 3.22. The van der Waals surface area contributed by atoms with Crippen molar-refractivity contribution in [1.29, 1.82) is 0 Å². The minimum atomic E-state index is 0.0779. The molecule has 2 nitrogen and oxygen atoms in total. The Morgan fingerprint density at radius 1 is 1.43 bits per heavy atom. The first kappa shape index (κ1) is 10.2. The summed E-state index contributed by atoms with van der Waals surface area (Å²) in [5, 5.41) is 0. The Morgan fingerprint density at radius 3 is 2.71 bits per heavy atom. The van der Waals surface area contributed by atoms with Crippen molar-refractivity contribution < 1.29 is 4.79 Å². The molecule has 0 aliphatic heterocycles. The van der Waals surface area contributed by atoms with E-state index in [0.29, 0.717) is 18.2 Å². The SMILES string of the molecule is CC(CN)C(=O)CC1CC2CCC1C2. The third kappa shape index (κ3) is 1.85. The first-order valence-electron chi connectivity index (χ1n) is 5.93. The lowest BCUT2D eigenvalue weighted by Crippen LogP contribution is -2.24. The van der Waals surface area contributed by atoms with Gasteiger partial charge in [0.25, 0.3) is 0 Å². The summed E-state index contributed by atoms with van der Waals surface area (Å²) in [6.07, 6.45) is 6.31. The van der Waals surface area contributed by atoms with Crippen LogP contribution in [0.25, 0.3) is 0 Å². The summed E-state index contributed by atoms with van der Waals surface area (Å²) >= 11 is 0. The lowest BCUT2D eigenvalue weighted by molar-refractivity contribution is -0.123. The number of nitrogens with two attached hydrogens (primary N) is 1. The number of carbonyl (C=O) groups is 1. The molecule has 2 heteroatoms. The van der Waals surface area contributed by atoms with Crippen molar-refractivity contribution in [2.45, 2.75) is 39.0 Å². The van der Waals surface area contributed by atoms with E-state index in [2.05, 4.69) is 0 Å². The zero-order valence-electron chi connectivity index (χ0n) is 9.04. The van der Waals surface area contributed by atoms with Crippen LogP contribution in [0.1, 0.15) is 39.0 Å². The second-order valence-corrected chi connectivity index (χ2v) is 5.24. The van der Waals surface area contributed by atoms with Crippen LogP contribution < -0.4 is 5.73 Å². The Kier molecular flexibility index (Phi) is 2.91. The second kappa shape index (κ2) is 4.01. The Hall–Kier alpha value is -0.370. The Morgan fingerprint density at radius 2 is 2.21 bits per heavy atom. The van der Waals surface area contributed by atoms with Gasteiger partial charge in [0.15, 0.2) is 0 Å². The van der Waals surface area contributed by atoms with Gasteiger partial charge in [0.2, 0.25) is 0 Å². The molecule has 14 heavy (non-hydrogen) atoms. The van der Waals surface area contributed by atoms with E-state index in [-0.39, 0.29) is 5.92 Å². The maximum absolute atomic E-state index is 11.7. The number of rotatable bonds is 4. The summed E-state index contributed by atoms with van der Waals surface area (Å²) in [4.78, 5) is 11.7. The molecule has 0 spiro atoms. The zero-order chi connectivity index (χ0) is 10.1. The van der Waals surface area contributed by atoms with Crippen molar-refractivity contribution >= 4 is 5.78 Å². The van der Waals surface area contributed by atoms with Gasteiger partial charge in [-0.05, 0) is 37.0 Å². The Labute approximate surface area is 86.2 Å². The van der Waals surface area contributed by atoms with Crippen molar-refractivity contribution in [3.8, 4) is 0 Å². The highest BCUT2D eigenvalue weighted by Crippen LogP contribution is 2.49. The van der Waals surface area contributed by atoms with Crippen LogP contribution in [-0.4, -0.2) is 12.3 Å². The molecule has 0 aromatic rings. The molecule has 0 aromatic heterocycles. The lowest BCUT2D eigenvalue weighted by atomic mass is 9.83. The second-order valence-electron chi connectivity index (χ2n) is 5.24. The van der Waals surface area contributed by atoms with Gasteiger partial charge in [-0.1, -0.05) is 13.3 Å². The molecule has 2 saturated carbocycles. The fourth-order valence-corrected chi connectivity index (χ4v) is 3.22. The maximum atomic E-state index is 11.7. The average Bonchev–Trinajstić information content (AvgIpc) is 2.77. The van der Waals surface area contributed by atoms with Gasteiger partial charge in [0.1, 0.15) is 5.78 Å². The Balaban J connectivity index is 1.84. The van der Waals surface area contributed by atoms with E-state index in [0.717, 1.165) is 18.3 Å². The van der Waals surface area contributed by atoms with E-state index in [1.54, 1.807) is 0 Å². The third-order valence-corrected chi connectivity index (χ3v) is 4.25. The molecule has 0 aromatic carbocycles. The summed E-state index contributed by atoms with van der Waals surface area (Å²) in [6.45, 7) is 2.47. The molecule has 0 amide bonds. The number of ketones is 1. The zero-order valence-corrected chi connectivity index (χ0v) is 9.04. The molecule has 0 heterocycles. The van der Waals surface area contributed by atoms with Gasteiger partial charge in [-0.25, -0.2) is 0 Å². The van der Waals surface area contributed by atoms with Crippen LogP contribution in [-0.2, 0) is 4.79 Å². The smallest absolute Gasteiger partial charge is 0.137 e. The number of fused-ring (bicyclic) bond motifs is 2. The van der Waals surface area contributed by atoms with E-state index in [4.69, 9.17) is 5.73 Å². The topological polar surface area (TPSA) is 43.1 Å². The van der Waals surface area contributed by atoms with E-state index in [9.17, 15) is 4.79 Å². The molecule has 0 radical (unpaired) electrons. The van der Waals surface area contributed by atoms with Crippen LogP contribution in [0.15, 0.2) is 0 Å². The highest BCUT2D eigenvalue weighted by atomic mass is 16.1. The summed E-state index contributed by atoms with van der Waals surface area (Å²) < 4.78 is 0. The number of hydrogen-bond donors (Lipinski definition) is 1. The van der Waals surface area contributed by atoms with Crippen LogP contribution in [0, 0.1) is 23.7 Å². The molecule has 2 aliphatic rings. The summed E-state index contributed by atoms with van der Waals surface area (Å²) in [5.41, 5.74) is 5.50. The van der Waals surface area contributed by atoms with Gasteiger partial charge in [-0.15, -0.1) is 0 Å².